The molecule has 0 radical (unpaired) electrons. The van der Waals surface area contributed by atoms with Crippen LogP contribution in [-0.2, 0) is 0 Å². The molecule has 1 aromatic heterocycles. The van der Waals surface area contributed by atoms with Crippen molar-refractivity contribution in [1.29, 1.82) is 0 Å². The fourth-order valence-electron chi connectivity index (χ4n) is 2.54. The third-order valence-corrected chi connectivity index (χ3v) is 4.21. The molecule has 12 heteroatoms. The van der Waals surface area contributed by atoms with E-state index in [0.29, 0.717) is 5.75 Å². The number of ether oxygens (including phenoxy) is 2. The molecule has 0 atom stereocenters. The van der Waals surface area contributed by atoms with Crippen molar-refractivity contribution < 1.29 is 23.2 Å². The SMILES string of the molecule is COc1cc(OC)c(Nc2ncnc(Nc3cc(F)ccc3F)c2[N+](=O)[O-])cc1Cl. The summed E-state index contributed by atoms with van der Waals surface area (Å²) in [6.45, 7) is 0. The maximum Gasteiger partial charge on any atom is 0.353 e. The minimum atomic E-state index is -0.817. The minimum absolute atomic E-state index is 0.220. The largest absolute Gasteiger partial charge is 0.495 e. The number of methoxy groups -OCH3 is 2. The molecular formula is C18H14ClF2N5O4. The lowest BCUT2D eigenvalue weighted by atomic mass is 10.2. The second kappa shape index (κ2) is 8.74. The van der Waals surface area contributed by atoms with Gasteiger partial charge in [0, 0.05) is 12.1 Å². The van der Waals surface area contributed by atoms with Crippen LogP contribution in [0.5, 0.6) is 11.5 Å². The normalized spacial score (nSPS) is 10.4. The molecule has 2 N–H and O–H groups in total. The van der Waals surface area contributed by atoms with Gasteiger partial charge in [0.1, 0.15) is 29.5 Å². The van der Waals surface area contributed by atoms with E-state index in [1.165, 1.54) is 26.4 Å². The lowest BCUT2D eigenvalue weighted by molar-refractivity contribution is -0.383. The second-order valence-electron chi connectivity index (χ2n) is 5.74. The molecule has 30 heavy (non-hydrogen) atoms. The summed E-state index contributed by atoms with van der Waals surface area (Å²) in [4.78, 5) is 18.6. The molecule has 0 bridgehead atoms. The standard InChI is InChI=1S/C18H14ClF2N5O4/c1-29-14-7-15(30-2)13(6-10(14)19)25-18-16(26(27)28)17(22-8-23-18)24-12-5-9(20)3-4-11(12)21/h3-8H,1-2H3,(H2,22,23,24,25). The van der Waals surface area contributed by atoms with E-state index in [-0.39, 0.29) is 33.8 Å². The number of anilines is 4. The zero-order chi connectivity index (χ0) is 21.8. The first-order chi connectivity index (χ1) is 14.3. The van der Waals surface area contributed by atoms with E-state index >= 15 is 0 Å². The Balaban J connectivity index is 2.05. The van der Waals surface area contributed by atoms with Crippen molar-refractivity contribution in [1.82, 2.24) is 9.97 Å². The number of nitrogens with zero attached hydrogens (tertiary/aromatic N) is 3. The Hall–Kier alpha value is -3.73. The van der Waals surface area contributed by atoms with Gasteiger partial charge in [0.15, 0.2) is 0 Å². The monoisotopic (exact) mass is 437 g/mol. The molecule has 0 aliphatic rings. The Morgan fingerprint density at radius 2 is 1.63 bits per heavy atom. The maximum absolute atomic E-state index is 13.9. The molecule has 156 valence electrons. The van der Waals surface area contributed by atoms with Gasteiger partial charge in [-0.3, -0.25) is 10.1 Å². The third-order valence-electron chi connectivity index (χ3n) is 3.91. The van der Waals surface area contributed by atoms with Gasteiger partial charge in [-0.25, -0.2) is 18.7 Å². The van der Waals surface area contributed by atoms with Gasteiger partial charge in [-0.05, 0) is 18.2 Å². The Bertz CT molecular complexity index is 1120. The highest BCUT2D eigenvalue weighted by Gasteiger charge is 2.25. The van der Waals surface area contributed by atoms with Crippen molar-refractivity contribution in [2.45, 2.75) is 0 Å². The fraction of sp³-hybridized carbons (Fsp3) is 0.111. The van der Waals surface area contributed by atoms with Crippen LogP contribution in [0.3, 0.4) is 0 Å². The summed E-state index contributed by atoms with van der Waals surface area (Å²) in [5.41, 5.74) is -0.670. The highest BCUT2D eigenvalue weighted by Crippen LogP contribution is 2.40. The van der Waals surface area contributed by atoms with Gasteiger partial charge < -0.3 is 20.1 Å². The van der Waals surface area contributed by atoms with E-state index in [9.17, 15) is 18.9 Å². The average Bonchev–Trinajstić information content (AvgIpc) is 2.71. The molecular weight excluding hydrogens is 424 g/mol. The van der Waals surface area contributed by atoms with Gasteiger partial charge in [-0.15, -0.1) is 0 Å². The highest BCUT2D eigenvalue weighted by molar-refractivity contribution is 6.32. The van der Waals surface area contributed by atoms with Crippen LogP contribution in [0.4, 0.5) is 37.5 Å². The first kappa shape index (κ1) is 21.0. The van der Waals surface area contributed by atoms with Crippen LogP contribution >= 0.6 is 11.6 Å². The van der Waals surface area contributed by atoms with Crippen molar-refractivity contribution >= 4 is 40.3 Å². The minimum Gasteiger partial charge on any atom is -0.495 e. The van der Waals surface area contributed by atoms with E-state index in [1.807, 2.05) is 0 Å². The van der Waals surface area contributed by atoms with E-state index in [1.54, 1.807) is 0 Å². The summed E-state index contributed by atoms with van der Waals surface area (Å²) in [7, 11) is 2.81. The van der Waals surface area contributed by atoms with E-state index in [4.69, 9.17) is 21.1 Å². The van der Waals surface area contributed by atoms with Crippen LogP contribution in [0.2, 0.25) is 5.02 Å². The summed E-state index contributed by atoms with van der Waals surface area (Å²) >= 11 is 6.12. The van der Waals surface area contributed by atoms with Crippen LogP contribution in [-0.4, -0.2) is 29.1 Å². The van der Waals surface area contributed by atoms with Gasteiger partial charge in [-0.2, -0.15) is 0 Å². The molecule has 0 fully saturated rings. The van der Waals surface area contributed by atoms with Crippen molar-refractivity contribution in [3.63, 3.8) is 0 Å². The van der Waals surface area contributed by atoms with Crippen molar-refractivity contribution in [3.05, 3.63) is 63.4 Å². The number of rotatable bonds is 7. The van der Waals surface area contributed by atoms with Crippen LogP contribution in [0, 0.1) is 21.7 Å². The number of halogens is 3. The van der Waals surface area contributed by atoms with E-state index < -0.39 is 22.2 Å². The Labute approximate surface area is 173 Å². The second-order valence-corrected chi connectivity index (χ2v) is 6.15. The molecule has 2 aromatic carbocycles. The van der Waals surface area contributed by atoms with Gasteiger partial charge in [0.05, 0.1) is 35.5 Å². The average molecular weight is 438 g/mol. The summed E-state index contributed by atoms with van der Waals surface area (Å²) in [5, 5.41) is 17.1. The third kappa shape index (κ3) is 4.30. The lowest BCUT2D eigenvalue weighted by Gasteiger charge is -2.14. The first-order valence-corrected chi connectivity index (χ1v) is 8.61. The summed E-state index contributed by atoms with van der Waals surface area (Å²) in [5.74, 6) is -1.52. The Morgan fingerprint density at radius 1 is 1.00 bits per heavy atom. The Morgan fingerprint density at radius 3 is 2.23 bits per heavy atom. The van der Waals surface area contributed by atoms with Crippen LogP contribution in [0.15, 0.2) is 36.7 Å². The molecule has 1 heterocycles. The number of hydrogen-bond acceptors (Lipinski definition) is 8. The maximum atomic E-state index is 13.9. The predicted octanol–water partition coefficient (Wildman–Crippen LogP) is 4.82. The smallest absolute Gasteiger partial charge is 0.353 e. The van der Waals surface area contributed by atoms with Crippen molar-refractivity contribution in [2.24, 2.45) is 0 Å². The first-order valence-electron chi connectivity index (χ1n) is 8.24. The number of hydrogen-bond donors (Lipinski definition) is 2. The van der Waals surface area contributed by atoms with Crippen LogP contribution in [0.1, 0.15) is 0 Å². The molecule has 0 aliphatic carbocycles. The number of aromatic nitrogens is 2. The van der Waals surface area contributed by atoms with Gasteiger partial charge >= 0.3 is 5.69 Å². The molecule has 0 amide bonds. The lowest BCUT2D eigenvalue weighted by Crippen LogP contribution is -2.07. The zero-order valence-electron chi connectivity index (χ0n) is 15.6. The quantitative estimate of drug-likeness (QED) is 0.399. The number of nitro groups is 1. The summed E-state index contributed by atoms with van der Waals surface area (Å²) in [6, 6.07) is 5.57. The van der Waals surface area contributed by atoms with Crippen molar-refractivity contribution in [2.75, 3.05) is 24.9 Å². The summed E-state index contributed by atoms with van der Waals surface area (Å²) in [6.07, 6.45) is 1.02. The zero-order valence-corrected chi connectivity index (χ0v) is 16.3. The molecule has 0 spiro atoms. The number of benzene rings is 2. The van der Waals surface area contributed by atoms with E-state index in [0.717, 1.165) is 24.5 Å². The molecule has 0 saturated heterocycles. The van der Waals surface area contributed by atoms with Gasteiger partial charge in [0.25, 0.3) is 0 Å². The predicted molar refractivity (Wildman–Crippen MR) is 106 cm³/mol. The molecule has 3 rings (SSSR count). The van der Waals surface area contributed by atoms with Gasteiger partial charge in [-0.1, -0.05) is 11.6 Å². The van der Waals surface area contributed by atoms with Crippen LogP contribution in [0.25, 0.3) is 0 Å². The van der Waals surface area contributed by atoms with Crippen LogP contribution < -0.4 is 20.1 Å². The molecule has 3 aromatic rings. The summed E-state index contributed by atoms with van der Waals surface area (Å²) < 4.78 is 37.7. The Kier molecular flexibility index (Phi) is 6.11. The topological polar surface area (TPSA) is 111 Å². The number of nitrogens with one attached hydrogen (secondary N) is 2. The van der Waals surface area contributed by atoms with E-state index in [2.05, 4.69) is 20.6 Å². The molecule has 0 saturated carbocycles. The van der Waals surface area contributed by atoms with Crippen molar-refractivity contribution in [3.8, 4) is 11.5 Å². The van der Waals surface area contributed by atoms with Gasteiger partial charge in [0.2, 0.25) is 11.6 Å². The molecule has 0 unspecified atom stereocenters. The molecule has 0 aliphatic heterocycles. The molecule has 9 nitrogen and oxygen atoms in total. The highest BCUT2D eigenvalue weighted by atomic mass is 35.5. The fourth-order valence-corrected chi connectivity index (χ4v) is 2.78.